The standard InChI is InChI=1S/C74H88F3N3O5S/c1-4-6-8-9-10-14-46-80(73-79-70-66-17-13-12-16-61(66)40-45-69(70)86-73)78-50-67-65-43-24-54(19-18-53-22-27-56(28-23-53)60-37-41-64(42-38-60)83-47-48-84-71(81)51(3)74(75,76)77)49-63(65)39-44-68(67)85-72(82)62-35-33-59(34-36-62)58-31-29-57(30-32-58)55-25-20-52(21-26-55)15-11-7-5-2/h12-13,16-17,24,29-36,39-40,43-45,49-50,52-53,55-56,60,64H,3-11,14-15,18-23,25-28,37-38,41-42,46-48H2,1-2H3/b78-50+. The second-order valence-electron chi connectivity index (χ2n) is 24.9. The number of hydrazone groups is 1. The first kappa shape index (κ1) is 62.7. The Kier molecular flexibility index (Phi) is 22.2. The third kappa shape index (κ3) is 16.6. The summed E-state index contributed by atoms with van der Waals surface area (Å²) in [7, 11) is 0. The lowest BCUT2D eigenvalue weighted by atomic mass is 9.70. The van der Waals surface area contributed by atoms with Crippen molar-refractivity contribution in [2.45, 2.75) is 186 Å². The van der Waals surface area contributed by atoms with Gasteiger partial charge in [-0.15, -0.1) is 0 Å². The molecule has 0 radical (unpaired) electrons. The number of esters is 2. The van der Waals surface area contributed by atoms with Crippen molar-refractivity contribution in [3.05, 3.63) is 150 Å². The summed E-state index contributed by atoms with van der Waals surface area (Å²) < 4.78 is 56.4. The predicted molar refractivity (Wildman–Crippen MR) is 347 cm³/mol. The van der Waals surface area contributed by atoms with Gasteiger partial charge in [0.15, 0.2) is 0 Å². The number of nitrogens with zero attached hydrogens (tertiary/aromatic N) is 3. The van der Waals surface area contributed by atoms with Gasteiger partial charge < -0.3 is 14.2 Å². The number of halogens is 3. The van der Waals surface area contributed by atoms with Crippen LogP contribution < -0.4 is 9.75 Å². The number of hydrogen-bond acceptors (Lipinski definition) is 9. The molecule has 10 rings (SSSR count). The fourth-order valence-corrected chi connectivity index (χ4v) is 14.8. The van der Waals surface area contributed by atoms with E-state index in [1.54, 1.807) is 11.3 Å². The molecule has 1 aromatic heterocycles. The maximum Gasteiger partial charge on any atom is 0.422 e. The SMILES string of the molecule is C=C(C(=O)OCCOC1CCC(C2CCC(CCc3ccc4c(/C=N/N(CCCCCCCC)c5nc6c(ccc7ccccc76)s5)c(OC(=O)c5ccc(-c6ccc(C7CCC(CCCCC)CC7)cc6)cc5)ccc4c3)CC2)CC1)C(F)(F)F. The average molecular weight is 1190 g/mol. The van der Waals surface area contributed by atoms with E-state index in [0.29, 0.717) is 41.5 Å². The first-order chi connectivity index (χ1) is 41.9. The Morgan fingerprint density at radius 1 is 0.674 bits per heavy atom. The quantitative estimate of drug-likeness (QED) is 0.0127. The van der Waals surface area contributed by atoms with Crippen molar-refractivity contribution >= 4 is 66.4 Å². The van der Waals surface area contributed by atoms with Crippen molar-refractivity contribution < 1.29 is 37.0 Å². The van der Waals surface area contributed by atoms with Crippen LogP contribution >= 0.6 is 11.3 Å². The van der Waals surface area contributed by atoms with E-state index in [0.717, 1.165) is 111 Å². The van der Waals surface area contributed by atoms with Gasteiger partial charge in [-0.3, -0.25) is 0 Å². The Balaban J connectivity index is 0.810. The fraction of sp³-hybridized carbons (Fsp3) is 0.486. The fourth-order valence-electron chi connectivity index (χ4n) is 13.9. The van der Waals surface area contributed by atoms with Crippen LogP contribution in [0.3, 0.4) is 0 Å². The lowest BCUT2D eigenvalue weighted by molar-refractivity contribution is -0.152. The number of unbranched alkanes of at least 4 members (excludes halogenated alkanes) is 7. The molecule has 3 aliphatic rings. The zero-order chi connectivity index (χ0) is 59.8. The maximum atomic E-state index is 14.3. The number of aromatic nitrogens is 1. The summed E-state index contributed by atoms with van der Waals surface area (Å²) in [5, 5.41) is 12.5. The zero-order valence-electron chi connectivity index (χ0n) is 50.7. The van der Waals surface area contributed by atoms with E-state index in [4.69, 9.17) is 24.3 Å². The lowest BCUT2D eigenvalue weighted by Crippen LogP contribution is -2.29. The summed E-state index contributed by atoms with van der Waals surface area (Å²) in [5.41, 5.74) is 5.64. The second-order valence-corrected chi connectivity index (χ2v) is 25.9. The van der Waals surface area contributed by atoms with E-state index in [-0.39, 0.29) is 19.3 Å². The molecule has 0 aliphatic heterocycles. The molecule has 0 spiro atoms. The third-order valence-electron chi connectivity index (χ3n) is 19.1. The highest BCUT2D eigenvalue weighted by atomic mass is 32.1. The molecule has 0 atom stereocenters. The van der Waals surface area contributed by atoms with Crippen LogP contribution in [0.1, 0.15) is 194 Å². The van der Waals surface area contributed by atoms with Gasteiger partial charge in [0, 0.05) is 17.5 Å². The number of benzene rings is 6. The molecule has 7 aromatic rings. The van der Waals surface area contributed by atoms with Gasteiger partial charge in [0.1, 0.15) is 17.9 Å². The molecule has 0 N–H and O–H groups in total. The smallest absolute Gasteiger partial charge is 0.422 e. The Hall–Kier alpha value is -6.37. The molecule has 0 unspecified atom stereocenters. The van der Waals surface area contributed by atoms with E-state index in [9.17, 15) is 22.8 Å². The minimum atomic E-state index is -4.80. The summed E-state index contributed by atoms with van der Waals surface area (Å²) in [6, 6.07) is 40.4. The average Bonchev–Trinajstić information content (AvgIpc) is 2.25. The number of rotatable bonds is 27. The van der Waals surface area contributed by atoms with Crippen molar-refractivity contribution in [1.82, 2.24) is 4.98 Å². The summed E-state index contributed by atoms with van der Waals surface area (Å²) in [6.07, 6.45) is 25.6. The lowest BCUT2D eigenvalue weighted by Gasteiger charge is -2.37. The molecular weight excluding hydrogens is 1100 g/mol. The number of fused-ring (bicyclic) bond motifs is 4. The molecule has 3 aliphatic carbocycles. The number of thiazole rings is 1. The molecule has 86 heavy (non-hydrogen) atoms. The zero-order valence-corrected chi connectivity index (χ0v) is 51.6. The van der Waals surface area contributed by atoms with Gasteiger partial charge in [0.25, 0.3) is 0 Å². The molecule has 1 heterocycles. The number of hydrogen-bond donors (Lipinski definition) is 0. The first-order valence-corrected chi connectivity index (χ1v) is 33.3. The summed E-state index contributed by atoms with van der Waals surface area (Å²) in [5.74, 6) is 2.13. The number of carbonyl (C=O) groups is 2. The van der Waals surface area contributed by atoms with Crippen LogP contribution in [0.15, 0.2) is 133 Å². The third-order valence-corrected chi connectivity index (χ3v) is 20.1. The molecule has 0 amide bonds. The van der Waals surface area contributed by atoms with Gasteiger partial charge in [-0.25, -0.2) is 19.6 Å². The number of alkyl halides is 3. The molecule has 3 saturated carbocycles. The predicted octanol–water partition coefficient (Wildman–Crippen LogP) is 20.5. The summed E-state index contributed by atoms with van der Waals surface area (Å²) in [4.78, 5) is 31.2. The van der Waals surface area contributed by atoms with E-state index < -0.39 is 23.7 Å². The highest BCUT2D eigenvalue weighted by Gasteiger charge is 2.38. The van der Waals surface area contributed by atoms with E-state index in [1.807, 2.05) is 36.5 Å². The molecule has 3 fully saturated rings. The largest absolute Gasteiger partial charge is 0.460 e. The molecular formula is C74H88F3N3O5S. The van der Waals surface area contributed by atoms with Crippen LogP contribution in [0.25, 0.3) is 42.9 Å². The van der Waals surface area contributed by atoms with E-state index in [2.05, 4.69) is 110 Å². The molecule has 456 valence electrons. The molecule has 0 bridgehead atoms. The molecule has 12 heteroatoms. The first-order valence-electron chi connectivity index (χ1n) is 32.5. The number of anilines is 1. The van der Waals surface area contributed by atoms with Crippen LogP contribution in [0, 0.1) is 23.7 Å². The number of carbonyl (C=O) groups excluding carboxylic acids is 2. The monoisotopic (exact) mass is 1190 g/mol. The second kappa shape index (κ2) is 30.5. The van der Waals surface area contributed by atoms with Crippen molar-refractivity contribution in [2.24, 2.45) is 28.8 Å². The molecule has 6 aromatic carbocycles. The maximum absolute atomic E-state index is 14.3. The Morgan fingerprint density at radius 2 is 1.33 bits per heavy atom. The number of aryl methyl sites for hydroxylation is 1. The minimum Gasteiger partial charge on any atom is -0.460 e. The number of ether oxygens (including phenoxy) is 3. The Labute approximate surface area is 512 Å². The van der Waals surface area contributed by atoms with E-state index in [1.165, 1.54) is 114 Å². The molecule has 0 saturated heterocycles. The summed E-state index contributed by atoms with van der Waals surface area (Å²) in [6.45, 7) is 7.90. The highest BCUT2D eigenvalue weighted by Crippen LogP contribution is 2.43. The normalized spacial score (nSPS) is 20.2. The minimum absolute atomic E-state index is 0.0337. The van der Waals surface area contributed by atoms with Gasteiger partial charge in [-0.1, -0.05) is 193 Å². The van der Waals surface area contributed by atoms with Crippen molar-refractivity contribution in [1.29, 1.82) is 0 Å². The van der Waals surface area contributed by atoms with Crippen LogP contribution in [0.5, 0.6) is 5.75 Å². The van der Waals surface area contributed by atoms with Gasteiger partial charge in [0.05, 0.1) is 34.7 Å². The van der Waals surface area contributed by atoms with Crippen molar-refractivity contribution in [3.8, 4) is 16.9 Å². The van der Waals surface area contributed by atoms with Crippen LogP contribution in [-0.2, 0) is 20.7 Å². The van der Waals surface area contributed by atoms with Crippen LogP contribution in [0.4, 0.5) is 18.3 Å². The van der Waals surface area contributed by atoms with Gasteiger partial charge in [-0.05, 0) is 176 Å². The van der Waals surface area contributed by atoms with Crippen molar-refractivity contribution in [2.75, 3.05) is 24.8 Å². The van der Waals surface area contributed by atoms with Crippen LogP contribution in [-0.4, -0.2) is 55.2 Å². The topological polar surface area (TPSA) is 90.3 Å². The highest BCUT2D eigenvalue weighted by molar-refractivity contribution is 7.22. The van der Waals surface area contributed by atoms with Crippen molar-refractivity contribution in [3.63, 3.8) is 0 Å². The van der Waals surface area contributed by atoms with Gasteiger partial charge in [0.2, 0.25) is 5.13 Å². The van der Waals surface area contributed by atoms with Crippen LogP contribution in [0.2, 0.25) is 0 Å². The Bertz CT molecular complexity index is 3370. The summed E-state index contributed by atoms with van der Waals surface area (Å²) >= 11 is 1.66. The Morgan fingerprint density at radius 3 is 2.06 bits per heavy atom. The molecule has 8 nitrogen and oxygen atoms in total. The van der Waals surface area contributed by atoms with E-state index >= 15 is 0 Å². The van der Waals surface area contributed by atoms with Gasteiger partial charge >= 0.3 is 18.1 Å². The van der Waals surface area contributed by atoms with Gasteiger partial charge in [-0.2, -0.15) is 18.3 Å².